The normalized spacial score (nSPS) is 10.2. The highest BCUT2D eigenvalue weighted by Crippen LogP contribution is 2.28. The number of para-hydroxylation sites is 1. The Bertz CT molecular complexity index is 838. The quantitative estimate of drug-likeness (QED) is 0.345. The van der Waals surface area contributed by atoms with Gasteiger partial charge in [0.2, 0.25) is 0 Å². The maximum Gasteiger partial charge on any atom is 0.316 e. The van der Waals surface area contributed by atoms with Gasteiger partial charge in [-0.3, -0.25) is 19.7 Å². The third-order valence-corrected chi connectivity index (χ3v) is 4.60. The van der Waals surface area contributed by atoms with Crippen LogP contribution in [-0.2, 0) is 14.3 Å². The Kier molecular flexibility index (Phi) is 6.74. The van der Waals surface area contributed by atoms with Crippen molar-refractivity contribution in [2.45, 2.75) is 18.7 Å². The van der Waals surface area contributed by atoms with Crippen LogP contribution >= 0.6 is 11.8 Å². The van der Waals surface area contributed by atoms with Crippen molar-refractivity contribution in [1.82, 2.24) is 0 Å². The number of rotatable bonds is 7. The van der Waals surface area contributed by atoms with Gasteiger partial charge in [0.1, 0.15) is 0 Å². The van der Waals surface area contributed by atoms with Crippen LogP contribution in [0, 0.1) is 24.0 Å². The second-order valence-electron chi connectivity index (χ2n) is 5.52. The highest BCUT2D eigenvalue weighted by molar-refractivity contribution is 8.00. The van der Waals surface area contributed by atoms with Crippen LogP contribution in [0.3, 0.4) is 0 Å². The SMILES string of the molecule is Cc1ccc(NC(=O)COC(=O)CSc2ccccc2[N+](=O)[O-])cc1C. The number of ether oxygens (including phenoxy) is 1. The van der Waals surface area contributed by atoms with Gasteiger partial charge in [-0.2, -0.15) is 0 Å². The summed E-state index contributed by atoms with van der Waals surface area (Å²) in [6.07, 6.45) is 0. The monoisotopic (exact) mass is 374 g/mol. The number of nitrogens with one attached hydrogen (secondary N) is 1. The van der Waals surface area contributed by atoms with Crippen LogP contribution in [0.2, 0.25) is 0 Å². The summed E-state index contributed by atoms with van der Waals surface area (Å²) in [4.78, 5) is 34.4. The average molecular weight is 374 g/mol. The lowest BCUT2D eigenvalue weighted by molar-refractivity contribution is -0.387. The van der Waals surface area contributed by atoms with Gasteiger partial charge in [-0.05, 0) is 43.2 Å². The lowest BCUT2D eigenvalue weighted by Crippen LogP contribution is -2.21. The summed E-state index contributed by atoms with van der Waals surface area (Å²) in [6, 6.07) is 11.6. The van der Waals surface area contributed by atoms with Crippen LogP contribution in [0.25, 0.3) is 0 Å². The minimum absolute atomic E-state index is 0.0715. The Labute approximate surface area is 154 Å². The van der Waals surface area contributed by atoms with Crippen molar-refractivity contribution in [3.05, 3.63) is 63.7 Å². The fourth-order valence-electron chi connectivity index (χ4n) is 2.07. The molecule has 7 nitrogen and oxygen atoms in total. The molecule has 2 aromatic carbocycles. The van der Waals surface area contributed by atoms with E-state index in [0.717, 1.165) is 22.9 Å². The fourth-order valence-corrected chi connectivity index (χ4v) is 2.89. The summed E-state index contributed by atoms with van der Waals surface area (Å²) in [6.45, 7) is 3.49. The van der Waals surface area contributed by atoms with E-state index in [-0.39, 0.29) is 11.4 Å². The van der Waals surface area contributed by atoms with Crippen molar-refractivity contribution >= 4 is 35.0 Å². The first-order chi connectivity index (χ1) is 12.4. The molecule has 0 unspecified atom stereocenters. The molecule has 2 aromatic rings. The van der Waals surface area contributed by atoms with Gasteiger partial charge < -0.3 is 10.1 Å². The lowest BCUT2D eigenvalue weighted by Gasteiger charge is -2.08. The van der Waals surface area contributed by atoms with Crippen molar-refractivity contribution in [3.63, 3.8) is 0 Å². The molecule has 0 aliphatic rings. The number of esters is 1. The molecule has 2 rings (SSSR count). The zero-order chi connectivity index (χ0) is 19.1. The number of hydrogen-bond donors (Lipinski definition) is 1. The van der Waals surface area contributed by atoms with E-state index in [9.17, 15) is 19.7 Å². The number of hydrogen-bond acceptors (Lipinski definition) is 6. The molecule has 0 bridgehead atoms. The molecule has 1 amide bonds. The molecule has 0 aromatic heterocycles. The molecule has 8 heteroatoms. The third-order valence-electron chi connectivity index (χ3n) is 3.56. The van der Waals surface area contributed by atoms with Gasteiger partial charge in [0.25, 0.3) is 11.6 Å². The highest BCUT2D eigenvalue weighted by atomic mass is 32.2. The Morgan fingerprint density at radius 2 is 1.88 bits per heavy atom. The second kappa shape index (κ2) is 9.00. The maximum absolute atomic E-state index is 11.8. The van der Waals surface area contributed by atoms with Gasteiger partial charge in [0.05, 0.1) is 15.6 Å². The van der Waals surface area contributed by atoms with Gasteiger partial charge in [-0.25, -0.2) is 0 Å². The summed E-state index contributed by atoms with van der Waals surface area (Å²) in [5.41, 5.74) is 2.71. The van der Waals surface area contributed by atoms with Gasteiger partial charge in [0.15, 0.2) is 6.61 Å². The number of anilines is 1. The number of nitro groups is 1. The van der Waals surface area contributed by atoms with Crippen LogP contribution < -0.4 is 5.32 Å². The van der Waals surface area contributed by atoms with E-state index in [0.29, 0.717) is 10.6 Å². The van der Waals surface area contributed by atoms with E-state index >= 15 is 0 Å². The van der Waals surface area contributed by atoms with E-state index in [1.807, 2.05) is 26.0 Å². The first kappa shape index (κ1) is 19.5. The minimum atomic E-state index is -0.622. The zero-order valence-corrected chi connectivity index (χ0v) is 15.2. The Morgan fingerprint density at radius 1 is 1.15 bits per heavy atom. The molecule has 1 N–H and O–H groups in total. The van der Waals surface area contributed by atoms with E-state index < -0.39 is 23.4 Å². The van der Waals surface area contributed by atoms with Gasteiger partial charge >= 0.3 is 5.97 Å². The molecule has 0 saturated carbocycles. The molecule has 136 valence electrons. The number of benzene rings is 2. The zero-order valence-electron chi connectivity index (χ0n) is 14.4. The van der Waals surface area contributed by atoms with Crippen molar-refractivity contribution in [1.29, 1.82) is 0 Å². The first-order valence-electron chi connectivity index (χ1n) is 7.76. The largest absolute Gasteiger partial charge is 0.455 e. The number of nitrogens with zero attached hydrogens (tertiary/aromatic N) is 1. The predicted octanol–water partition coefficient (Wildman–Crippen LogP) is 3.49. The number of nitro benzene ring substituents is 1. The number of thioether (sulfide) groups is 1. The summed E-state index contributed by atoms with van der Waals surface area (Å²) in [7, 11) is 0. The predicted molar refractivity (Wildman–Crippen MR) is 99.3 cm³/mol. The van der Waals surface area contributed by atoms with E-state index in [1.54, 1.807) is 24.3 Å². The molecular formula is C18H18N2O5S. The smallest absolute Gasteiger partial charge is 0.316 e. The lowest BCUT2D eigenvalue weighted by atomic mass is 10.1. The van der Waals surface area contributed by atoms with E-state index in [4.69, 9.17) is 4.74 Å². The molecule has 0 aliphatic heterocycles. The number of aryl methyl sites for hydroxylation is 2. The molecule has 0 heterocycles. The standard InChI is InChI=1S/C18H18N2O5S/c1-12-7-8-14(9-13(12)2)19-17(21)10-25-18(22)11-26-16-6-4-3-5-15(16)20(23)24/h3-9H,10-11H2,1-2H3,(H,19,21). The van der Waals surface area contributed by atoms with Crippen LogP contribution in [0.15, 0.2) is 47.4 Å². The van der Waals surface area contributed by atoms with Crippen molar-refractivity contribution in [3.8, 4) is 0 Å². The second-order valence-corrected chi connectivity index (χ2v) is 6.54. The van der Waals surface area contributed by atoms with Crippen molar-refractivity contribution in [2.24, 2.45) is 0 Å². The number of carbonyl (C=O) groups is 2. The summed E-state index contributed by atoms with van der Waals surface area (Å²) in [5, 5.41) is 13.6. The first-order valence-corrected chi connectivity index (χ1v) is 8.74. The van der Waals surface area contributed by atoms with Crippen LogP contribution in [-0.4, -0.2) is 29.2 Å². The van der Waals surface area contributed by atoms with Gasteiger partial charge in [-0.15, -0.1) is 11.8 Å². The molecule has 0 saturated heterocycles. The summed E-state index contributed by atoms with van der Waals surface area (Å²) < 4.78 is 4.91. The van der Waals surface area contributed by atoms with Crippen LogP contribution in [0.1, 0.15) is 11.1 Å². The Hall–Kier alpha value is -2.87. The molecule has 0 fully saturated rings. The van der Waals surface area contributed by atoms with E-state index in [1.165, 1.54) is 6.07 Å². The minimum Gasteiger partial charge on any atom is -0.455 e. The molecule has 0 atom stereocenters. The van der Waals surface area contributed by atoms with Gasteiger partial charge in [0, 0.05) is 11.8 Å². The van der Waals surface area contributed by atoms with Crippen molar-refractivity contribution in [2.75, 3.05) is 17.7 Å². The number of carbonyl (C=O) groups excluding carboxylic acids is 2. The fraction of sp³-hybridized carbons (Fsp3) is 0.222. The number of amides is 1. The molecular weight excluding hydrogens is 356 g/mol. The van der Waals surface area contributed by atoms with Crippen molar-refractivity contribution < 1.29 is 19.2 Å². The average Bonchev–Trinajstić information content (AvgIpc) is 2.61. The maximum atomic E-state index is 11.8. The third kappa shape index (κ3) is 5.59. The Balaban J connectivity index is 1.80. The van der Waals surface area contributed by atoms with E-state index in [2.05, 4.69) is 5.32 Å². The summed E-state index contributed by atoms with van der Waals surface area (Å²) in [5.74, 6) is -1.19. The molecule has 26 heavy (non-hydrogen) atoms. The highest BCUT2D eigenvalue weighted by Gasteiger charge is 2.15. The Morgan fingerprint density at radius 3 is 2.58 bits per heavy atom. The topological polar surface area (TPSA) is 98.5 Å². The van der Waals surface area contributed by atoms with Crippen LogP contribution in [0.5, 0.6) is 0 Å². The molecule has 0 radical (unpaired) electrons. The van der Waals surface area contributed by atoms with Gasteiger partial charge in [-0.1, -0.05) is 18.2 Å². The molecule has 0 spiro atoms. The summed E-state index contributed by atoms with van der Waals surface area (Å²) >= 11 is 0.995. The van der Waals surface area contributed by atoms with Crippen LogP contribution in [0.4, 0.5) is 11.4 Å². The molecule has 0 aliphatic carbocycles.